The Morgan fingerprint density at radius 2 is 2.10 bits per heavy atom. The van der Waals surface area contributed by atoms with Gasteiger partial charge in [0.25, 0.3) is 0 Å². The molecule has 1 atom stereocenters. The molecule has 6 heteroatoms. The van der Waals surface area contributed by atoms with Crippen molar-refractivity contribution in [1.82, 2.24) is 5.32 Å². The van der Waals surface area contributed by atoms with E-state index < -0.39 is 6.10 Å². The number of nitrogens with one attached hydrogen (secondary N) is 1. The van der Waals surface area contributed by atoms with Crippen LogP contribution in [-0.4, -0.2) is 11.7 Å². The van der Waals surface area contributed by atoms with Gasteiger partial charge < -0.3 is 14.8 Å². The van der Waals surface area contributed by atoms with Crippen LogP contribution in [0.25, 0.3) is 0 Å². The SMILES string of the molecule is N#Cc1ccc(CNCC(O)c2ccc(Cl)cc2Cl)o1. The largest absolute Gasteiger partial charge is 0.449 e. The average Bonchev–Trinajstić information content (AvgIpc) is 2.86. The van der Waals surface area contributed by atoms with Gasteiger partial charge in [0.2, 0.25) is 5.76 Å². The first kappa shape index (κ1) is 14.9. The molecule has 4 nitrogen and oxygen atoms in total. The first-order valence-corrected chi connectivity index (χ1v) is 6.68. The number of hydrogen-bond donors (Lipinski definition) is 2. The maximum Gasteiger partial charge on any atom is 0.203 e. The minimum Gasteiger partial charge on any atom is -0.449 e. The predicted octanol–water partition coefficient (Wildman–Crippen LogP) is 3.28. The molecule has 1 unspecified atom stereocenters. The summed E-state index contributed by atoms with van der Waals surface area (Å²) in [5.74, 6) is 0.902. The highest BCUT2D eigenvalue weighted by atomic mass is 35.5. The molecule has 0 saturated heterocycles. The summed E-state index contributed by atoms with van der Waals surface area (Å²) in [7, 11) is 0. The Bertz CT molecular complexity index is 634. The minimum absolute atomic E-state index is 0.267. The van der Waals surface area contributed by atoms with Gasteiger partial charge >= 0.3 is 0 Å². The van der Waals surface area contributed by atoms with E-state index in [1.165, 1.54) is 0 Å². The molecule has 0 bridgehead atoms. The Kier molecular flexibility index (Phi) is 5.05. The van der Waals surface area contributed by atoms with E-state index in [2.05, 4.69) is 5.32 Å². The number of nitrogens with zero attached hydrogens (tertiary/aromatic N) is 1. The topological polar surface area (TPSA) is 69.2 Å². The summed E-state index contributed by atoms with van der Waals surface area (Å²) < 4.78 is 5.21. The number of benzene rings is 1. The summed E-state index contributed by atoms with van der Waals surface area (Å²) in [4.78, 5) is 0. The molecule has 1 aromatic heterocycles. The molecule has 0 saturated carbocycles. The zero-order valence-electron chi connectivity index (χ0n) is 10.4. The van der Waals surface area contributed by atoms with Crippen molar-refractivity contribution in [1.29, 1.82) is 5.26 Å². The summed E-state index contributed by atoms with van der Waals surface area (Å²) in [6, 6.07) is 10.2. The Morgan fingerprint density at radius 3 is 2.75 bits per heavy atom. The number of nitriles is 1. The van der Waals surface area contributed by atoms with Gasteiger partial charge in [-0.25, -0.2) is 0 Å². The van der Waals surface area contributed by atoms with E-state index in [1.807, 2.05) is 6.07 Å². The van der Waals surface area contributed by atoms with Crippen LogP contribution in [0.4, 0.5) is 0 Å². The van der Waals surface area contributed by atoms with Gasteiger partial charge in [0, 0.05) is 22.2 Å². The third kappa shape index (κ3) is 3.75. The van der Waals surface area contributed by atoms with Crippen LogP contribution in [0.1, 0.15) is 23.2 Å². The van der Waals surface area contributed by atoms with Crippen LogP contribution in [0.15, 0.2) is 34.7 Å². The van der Waals surface area contributed by atoms with Crippen molar-refractivity contribution >= 4 is 23.2 Å². The van der Waals surface area contributed by atoms with Crippen molar-refractivity contribution in [2.24, 2.45) is 0 Å². The number of rotatable bonds is 5. The smallest absolute Gasteiger partial charge is 0.203 e. The zero-order valence-corrected chi connectivity index (χ0v) is 11.9. The fraction of sp³-hybridized carbons (Fsp3) is 0.214. The van der Waals surface area contributed by atoms with Crippen LogP contribution in [0.5, 0.6) is 0 Å². The van der Waals surface area contributed by atoms with Crippen molar-refractivity contribution in [2.75, 3.05) is 6.54 Å². The molecule has 2 N–H and O–H groups in total. The van der Waals surface area contributed by atoms with E-state index >= 15 is 0 Å². The normalized spacial score (nSPS) is 12.1. The van der Waals surface area contributed by atoms with E-state index in [4.69, 9.17) is 32.9 Å². The van der Waals surface area contributed by atoms with Gasteiger partial charge in [-0.2, -0.15) is 5.26 Å². The number of hydrogen-bond acceptors (Lipinski definition) is 4. The second-order valence-electron chi connectivity index (χ2n) is 4.19. The molecule has 2 rings (SSSR count). The molecule has 0 radical (unpaired) electrons. The Balaban J connectivity index is 1.89. The second-order valence-corrected chi connectivity index (χ2v) is 5.03. The highest BCUT2D eigenvalue weighted by molar-refractivity contribution is 6.35. The van der Waals surface area contributed by atoms with Gasteiger partial charge in [0.05, 0.1) is 12.6 Å². The lowest BCUT2D eigenvalue weighted by atomic mass is 10.1. The molecule has 0 aliphatic carbocycles. The first-order valence-electron chi connectivity index (χ1n) is 5.92. The van der Waals surface area contributed by atoms with Crippen LogP contribution in [-0.2, 0) is 6.54 Å². The van der Waals surface area contributed by atoms with Gasteiger partial charge in [-0.05, 0) is 24.3 Å². The highest BCUT2D eigenvalue weighted by Gasteiger charge is 2.12. The van der Waals surface area contributed by atoms with Crippen molar-refractivity contribution in [3.05, 3.63) is 57.5 Å². The molecule has 0 spiro atoms. The van der Waals surface area contributed by atoms with E-state index in [9.17, 15) is 5.11 Å². The summed E-state index contributed by atoms with van der Waals surface area (Å²) in [6.07, 6.45) is -0.745. The van der Waals surface area contributed by atoms with E-state index in [0.29, 0.717) is 34.5 Å². The molecule has 0 aliphatic rings. The standard InChI is InChI=1S/C14H12Cl2N2O2/c15-9-1-4-12(13(16)5-9)14(19)8-18-7-11-3-2-10(6-17)20-11/h1-5,14,18-19H,7-8H2. The monoisotopic (exact) mass is 310 g/mol. The Hall–Kier alpha value is -1.51. The van der Waals surface area contributed by atoms with E-state index in [1.54, 1.807) is 30.3 Å². The van der Waals surface area contributed by atoms with Gasteiger partial charge in [0.15, 0.2) is 0 Å². The van der Waals surface area contributed by atoms with Gasteiger partial charge in [-0.1, -0.05) is 29.3 Å². The van der Waals surface area contributed by atoms with Crippen molar-refractivity contribution in [3.8, 4) is 6.07 Å². The lowest BCUT2D eigenvalue weighted by molar-refractivity contribution is 0.173. The average molecular weight is 311 g/mol. The molecular formula is C14H12Cl2N2O2. The van der Waals surface area contributed by atoms with Crippen molar-refractivity contribution in [2.45, 2.75) is 12.6 Å². The zero-order chi connectivity index (χ0) is 14.5. The summed E-state index contributed by atoms with van der Waals surface area (Å²) >= 11 is 11.8. The Morgan fingerprint density at radius 1 is 1.30 bits per heavy atom. The number of aliphatic hydroxyl groups excluding tert-OH is 1. The second kappa shape index (κ2) is 6.78. The van der Waals surface area contributed by atoms with E-state index in [-0.39, 0.29) is 5.76 Å². The number of furan rings is 1. The van der Waals surface area contributed by atoms with Gasteiger partial charge in [-0.3, -0.25) is 0 Å². The van der Waals surface area contributed by atoms with Gasteiger partial charge in [0.1, 0.15) is 11.8 Å². The summed E-state index contributed by atoms with van der Waals surface area (Å²) in [5, 5.41) is 22.7. The summed E-state index contributed by atoms with van der Waals surface area (Å²) in [6.45, 7) is 0.730. The maximum atomic E-state index is 10.0. The van der Waals surface area contributed by atoms with Crippen LogP contribution < -0.4 is 5.32 Å². The molecule has 20 heavy (non-hydrogen) atoms. The fourth-order valence-corrected chi connectivity index (χ4v) is 2.28. The number of halogens is 2. The van der Waals surface area contributed by atoms with Crippen molar-refractivity contribution < 1.29 is 9.52 Å². The maximum absolute atomic E-state index is 10.0. The molecule has 0 amide bonds. The lowest BCUT2D eigenvalue weighted by Crippen LogP contribution is -2.21. The molecule has 0 aliphatic heterocycles. The predicted molar refractivity (Wildman–Crippen MR) is 76.6 cm³/mol. The van der Waals surface area contributed by atoms with Crippen molar-refractivity contribution in [3.63, 3.8) is 0 Å². The summed E-state index contributed by atoms with van der Waals surface area (Å²) in [5.41, 5.74) is 0.612. The molecule has 1 aromatic carbocycles. The van der Waals surface area contributed by atoms with Crippen LogP contribution in [0.3, 0.4) is 0 Å². The van der Waals surface area contributed by atoms with Crippen LogP contribution >= 0.6 is 23.2 Å². The van der Waals surface area contributed by atoms with E-state index in [0.717, 1.165) is 0 Å². The molecular weight excluding hydrogens is 299 g/mol. The third-order valence-corrected chi connectivity index (χ3v) is 3.29. The molecule has 104 valence electrons. The number of aliphatic hydroxyl groups is 1. The molecule has 1 heterocycles. The quantitative estimate of drug-likeness (QED) is 0.889. The fourth-order valence-electron chi connectivity index (χ4n) is 1.75. The first-order chi connectivity index (χ1) is 9.60. The molecule has 0 fully saturated rings. The highest BCUT2D eigenvalue weighted by Crippen LogP contribution is 2.25. The third-order valence-electron chi connectivity index (χ3n) is 2.73. The van der Waals surface area contributed by atoms with Crippen LogP contribution in [0.2, 0.25) is 10.0 Å². The van der Waals surface area contributed by atoms with Gasteiger partial charge in [-0.15, -0.1) is 0 Å². The Labute approximate surface area is 126 Å². The van der Waals surface area contributed by atoms with Crippen LogP contribution in [0, 0.1) is 11.3 Å². The lowest BCUT2D eigenvalue weighted by Gasteiger charge is -2.13. The molecule has 2 aromatic rings. The minimum atomic E-state index is -0.745.